The lowest BCUT2D eigenvalue weighted by Gasteiger charge is -2.01. The first-order valence-corrected chi connectivity index (χ1v) is 4.41. The van der Waals surface area contributed by atoms with Crippen LogP contribution in [0.15, 0.2) is 21.1 Å². The molecule has 1 nitrogen and oxygen atoms in total. The van der Waals surface area contributed by atoms with Crippen LogP contribution >= 0.6 is 31.9 Å². The summed E-state index contributed by atoms with van der Waals surface area (Å²) in [5.41, 5.74) is 7.60. The van der Waals surface area contributed by atoms with Crippen LogP contribution < -0.4 is 5.73 Å². The SMILES string of the molecule is Cc1cc(Br)c(N)c(Br)c1. The van der Waals surface area contributed by atoms with Gasteiger partial charge in [-0.2, -0.15) is 0 Å². The van der Waals surface area contributed by atoms with Crippen molar-refractivity contribution >= 4 is 37.5 Å². The maximum atomic E-state index is 5.66. The van der Waals surface area contributed by atoms with Gasteiger partial charge in [-0.3, -0.25) is 0 Å². The van der Waals surface area contributed by atoms with Crippen LogP contribution in [0.1, 0.15) is 5.56 Å². The summed E-state index contributed by atoms with van der Waals surface area (Å²) in [7, 11) is 0. The Balaban J connectivity index is 3.31. The zero-order chi connectivity index (χ0) is 7.72. The molecule has 0 saturated carbocycles. The third-order valence-corrected chi connectivity index (χ3v) is 2.54. The number of nitrogen functional groups attached to an aromatic ring is 1. The first-order valence-electron chi connectivity index (χ1n) is 2.82. The van der Waals surface area contributed by atoms with E-state index in [-0.39, 0.29) is 0 Å². The monoisotopic (exact) mass is 263 g/mol. The van der Waals surface area contributed by atoms with Gasteiger partial charge in [0, 0.05) is 8.95 Å². The van der Waals surface area contributed by atoms with E-state index in [0.29, 0.717) is 0 Å². The minimum Gasteiger partial charge on any atom is -0.397 e. The van der Waals surface area contributed by atoms with Crippen molar-refractivity contribution in [2.45, 2.75) is 6.92 Å². The summed E-state index contributed by atoms with van der Waals surface area (Å²) in [4.78, 5) is 0. The van der Waals surface area contributed by atoms with Gasteiger partial charge in [0.1, 0.15) is 0 Å². The molecule has 0 saturated heterocycles. The summed E-state index contributed by atoms with van der Waals surface area (Å²) >= 11 is 6.68. The first kappa shape index (κ1) is 8.08. The first-order chi connectivity index (χ1) is 4.61. The molecule has 0 aliphatic heterocycles. The van der Waals surface area contributed by atoms with Crippen molar-refractivity contribution in [2.24, 2.45) is 0 Å². The lowest BCUT2D eigenvalue weighted by Crippen LogP contribution is -1.88. The summed E-state index contributed by atoms with van der Waals surface area (Å²) in [6.45, 7) is 2.02. The molecular weight excluding hydrogens is 258 g/mol. The van der Waals surface area contributed by atoms with Crippen molar-refractivity contribution in [3.05, 3.63) is 26.6 Å². The number of nitrogens with two attached hydrogens (primary N) is 1. The molecule has 0 unspecified atom stereocenters. The zero-order valence-corrected chi connectivity index (χ0v) is 8.66. The van der Waals surface area contributed by atoms with Crippen LogP contribution in [-0.2, 0) is 0 Å². The van der Waals surface area contributed by atoms with Gasteiger partial charge >= 0.3 is 0 Å². The van der Waals surface area contributed by atoms with E-state index < -0.39 is 0 Å². The van der Waals surface area contributed by atoms with Crippen LogP contribution in [0.3, 0.4) is 0 Å². The molecule has 0 atom stereocenters. The highest BCUT2D eigenvalue weighted by molar-refractivity contribution is 9.11. The third kappa shape index (κ3) is 1.52. The molecule has 0 radical (unpaired) electrons. The number of benzene rings is 1. The van der Waals surface area contributed by atoms with Crippen molar-refractivity contribution < 1.29 is 0 Å². The summed E-state index contributed by atoms with van der Waals surface area (Å²) in [5, 5.41) is 0. The molecule has 0 aliphatic carbocycles. The van der Waals surface area contributed by atoms with E-state index >= 15 is 0 Å². The highest BCUT2D eigenvalue weighted by Gasteiger charge is 1.99. The van der Waals surface area contributed by atoms with E-state index in [1.54, 1.807) is 0 Å². The van der Waals surface area contributed by atoms with Gasteiger partial charge in [-0.15, -0.1) is 0 Å². The average molecular weight is 265 g/mol. The largest absolute Gasteiger partial charge is 0.397 e. The molecule has 54 valence electrons. The fourth-order valence-corrected chi connectivity index (χ4v) is 2.13. The molecule has 10 heavy (non-hydrogen) atoms. The fourth-order valence-electron chi connectivity index (χ4n) is 0.711. The minimum absolute atomic E-state index is 0.755. The number of anilines is 1. The van der Waals surface area contributed by atoms with Crippen LogP contribution in [0.5, 0.6) is 0 Å². The Hall–Kier alpha value is -0.0200. The molecule has 1 rings (SSSR count). The average Bonchev–Trinajstić information content (AvgIpc) is 1.82. The fraction of sp³-hybridized carbons (Fsp3) is 0.143. The van der Waals surface area contributed by atoms with Crippen molar-refractivity contribution in [1.82, 2.24) is 0 Å². The van der Waals surface area contributed by atoms with Crippen LogP contribution in [0.2, 0.25) is 0 Å². The second-order valence-corrected chi connectivity index (χ2v) is 3.85. The van der Waals surface area contributed by atoms with E-state index in [1.807, 2.05) is 19.1 Å². The molecular formula is C7H7Br2N. The molecule has 2 N–H and O–H groups in total. The van der Waals surface area contributed by atoms with Crippen LogP contribution in [0.25, 0.3) is 0 Å². The van der Waals surface area contributed by atoms with Gasteiger partial charge in [-0.05, 0) is 56.5 Å². The smallest absolute Gasteiger partial charge is 0.0603 e. The van der Waals surface area contributed by atoms with E-state index in [4.69, 9.17) is 5.73 Å². The number of aryl methyl sites for hydroxylation is 1. The summed E-state index contributed by atoms with van der Waals surface area (Å²) in [5.74, 6) is 0. The van der Waals surface area contributed by atoms with Gasteiger partial charge in [-0.1, -0.05) is 0 Å². The number of hydrogen-bond acceptors (Lipinski definition) is 1. The van der Waals surface area contributed by atoms with Gasteiger partial charge in [0.25, 0.3) is 0 Å². The van der Waals surface area contributed by atoms with Crippen molar-refractivity contribution in [1.29, 1.82) is 0 Å². The van der Waals surface area contributed by atoms with Gasteiger partial charge in [0.15, 0.2) is 0 Å². The maximum absolute atomic E-state index is 5.66. The lowest BCUT2D eigenvalue weighted by atomic mass is 10.2. The Morgan fingerprint density at radius 1 is 1.20 bits per heavy atom. The van der Waals surface area contributed by atoms with Crippen LogP contribution in [0.4, 0.5) is 5.69 Å². The summed E-state index contributed by atoms with van der Waals surface area (Å²) < 4.78 is 1.89. The summed E-state index contributed by atoms with van der Waals surface area (Å²) in [6, 6.07) is 3.97. The van der Waals surface area contributed by atoms with Crippen molar-refractivity contribution in [3.8, 4) is 0 Å². The third-order valence-electron chi connectivity index (χ3n) is 1.22. The lowest BCUT2D eigenvalue weighted by molar-refractivity contribution is 1.43. The molecule has 0 aromatic heterocycles. The molecule has 0 bridgehead atoms. The molecule has 0 aliphatic rings. The Bertz CT molecular complexity index is 235. The highest BCUT2D eigenvalue weighted by Crippen LogP contribution is 2.28. The van der Waals surface area contributed by atoms with Crippen molar-refractivity contribution in [2.75, 3.05) is 5.73 Å². The topological polar surface area (TPSA) is 26.0 Å². The highest BCUT2D eigenvalue weighted by atomic mass is 79.9. The maximum Gasteiger partial charge on any atom is 0.0603 e. The molecule has 1 aromatic carbocycles. The molecule has 1 aromatic rings. The normalized spacial score (nSPS) is 9.90. The van der Waals surface area contributed by atoms with E-state index in [2.05, 4.69) is 31.9 Å². The second-order valence-electron chi connectivity index (χ2n) is 2.14. The van der Waals surface area contributed by atoms with Crippen molar-refractivity contribution in [3.63, 3.8) is 0 Å². The van der Waals surface area contributed by atoms with Gasteiger partial charge in [0.2, 0.25) is 0 Å². The molecule has 3 heteroatoms. The minimum atomic E-state index is 0.755. The Morgan fingerprint density at radius 2 is 1.60 bits per heavy atom. The standard InChI is InChI=1S/C7H7Br2N/c1-4-2-5(8)7(10)6(9)3-4/h2-3H,10H2,1H3. The number of hydrogen-bond donors (Lipinski definition) is 1. The molecule has 0 heterocycles. The van der Waals surface area contributed by atoms with E-state index in [9.17, 15) is 0 Å². The van der Waals surface area contributed by atoms with Gasteiger partial charge in [-0.25, -0.2) is 0 Å². The molecule has 0 spiro atoms. The van der Waals surface area contributed by atoms with Gasteiger partial charge in [0.05, 0.1) is 5.69 Å². The second kappa shape index (κ2) is 2.93. The van der Waals surface area contributed by atoms with Crippen LogP contribution in [-0.4, -0.2) is 0 Å². The van der Waals surface area contributed by atoms with E-state index in [1.165, 1.54) is 5.56 Å². The molecule has 0 amide bonds. The molecule has 0 fully saturated rings. The van der Waals surface area contributed by atoms with Crippen LogP contribution in [0, 0.1) is 6.92 Å². The number of rotatable bonds is 0. The Labute approximate surface area is 76.9 Å². The predicted octanol–water partition coefficient (Wildman–Crippen LogP) is 3.10. The van der Waals surface area contributed by atoms with Gasteiger partial charge < -0.3 is 5.73 Å². The Morgan fingerprint density at radius 3 is 2.00 bits per heavy atom. The van der Waals surface area contributed by atoms with E-state index in [0.717, 1.165) is 14.6 Å². The predicted molar refractivity (Wildman–Crippen MR) is 51.0 cm³/mol. The number of halogens is 2. The quantitative estimate of drug-likeness (QED) is 0.716. The summed E-state index contributed by atoms with van der Waals surface area (Å²) in [6.07, 6.45) is 0. The zero-order valence-electron chi connectivity index (χ0n) is 5.49. The Kier molecular flexibility index (Phi) is 2.36.